The van der Waals surface area contributed by atoms with Crippen LogP contribution < -0.4 is 5.32 Å². The van der Waals surface area contributed by atoms with E-state index >= 15 is 0 Å². The Morgan fingerprint density at radius 1 is 1.19 bits per heavy atom. The van der Waals surface area contributed by atoms with Crippen LogP contribution in [0.3, 0.4) is 0 Å². The summed E-state index contributed by atoms with van der Waals surface area (Å²) in [6.45, 7) is 7.81. The minimum atomic E-state index is -0.0100. The van der Waals surface area contributed by atoms with Crippen LogP contribution in [0.25, 0.3) is 0 Å². The van der Waals surface area contributed by atoms with Crippen LogP contribution in [0.1, 0.15) is 64.0 Å². The van der Waals surface area contributed by atoms with Gasteiger partial charge in [-0.2, -0.15) is 0 Å². The fraction of sp³-hybridized carbons (Fsp3) is 0.696. The maximum Gasteiger partial charge on any atom is 0.225 e. The molecule has 2 bridgehead atoms. The highest BCUT2D eigenvalue weighted by atomic mass is 16.3. The number of hydrogen-bond acceptors (Lipinski definition) is 3. The lowest BCUT2D eigenvalue weighted by atomic mass is 9.51. The number of fused-ring (bicyclic) bond motifs is 4. The zero-order valence-electron chi connectivity index (χ0n) is 17.2. The molecule has 1 aromatic carbocycles. The zero-order valence-corrected chi connectivity index (χ0v) is 17.2. The van der Waals surface area contributed by atoms with Crippen molar-refractivity contribution in [2.75, 3.05) is 13.6 Å². The van der Waals surface area contributed by atoms with Gasteiger partial charge >= 0.3 is 0 Å². The molecule has 0 spiro atoms. The highest BCUT2D eigenvalue weighted by Crippen LogP contribution is 2.57. The van der Waals surface area contributed by atoms with E-state index in [0.29, 0.717) is 17.7 Å². The molecule has 1 amide bonds. The number of phenolic OH excluding ortho intramolecular Hbond substituents is 1. The van der Waals surface area contributed by atoms with Gasteiger partial charge in [-0.15, -0.1) is 0 Å². The zero-order chi connectivity index (χ0) is 19.4. The molecule has 2 N–H and O–H groups in total. The third-order valence-electron chi connectivity index (χ3n) is 8.40. The molecule has 4 heteroatoms. The number of carbonyl (C=O) groups is 1. The van der Waals surface area contributed by atoms with Crippen molar-refractivity contribution in [1.29, 1.82) is 0 Å². The van der Waals surface area contributed by atoms with Crippen LogP contribution >= 0.6 is 0 Å². The second kappa shape index (κ2) is 6.51. The van der Waals surface area contributed by atoms with Crippen molar-refractivity contribution < 1.29 is 9.90 Å². The van der Waals surface area contributed by atoms with Crippen LogP contribution in [-0.4, -0.2) is 41.6 Å². The van der Waals surface area contributed by atoms with Crippen LogP contribution in [0.5, 0.6) is 5.75 Å². The molecule has 1 saturated carbocycles. The molecule has 0 aromatic heterocycles. The van der Waals surface area contributed by atoms with Crippen molar-refractivity contribution in [1.82, 2.24) is 10.2 Å². The SMILES string of the molecule is CNC1CCC(C(=O)N2CC[C@@]3(C)c4cccc(O)c4C[C@@H]2C3(C)C)CC1. The van der Waals surface area contributed by atoms with E-state index in [4.69, 9.17) is 0 Å². The normalized spacial score (nSPS) is 34.8. The molecule has 1 heterocycles. The van der Waals surface area contributed by atoms with Gasteiger partial charge in [0.1, 0.15) is 5.75 Å². The summed E-state index contributed by atoms with van der Waals surface area (Å²) in [6, 6.07) is 6.67. The average molecular weight is 371 g/mol. The van der Waals surface area contributed by atoms with Crippen molar-refractivity contribution >= 4 is 5.91 Å². The highest BCUT2D eigenvalue weighted by Gasteiger charge is 2.57. The van der Waals surface area contributed by atoms with Crippen molar-refractivity contribution in [2.45, 2.75) is 76.8 Å². The first-order valence-electron chi connectivity index (χ1n) is 10.6. The first kappa shape index (κ1) is 18.8. The molecule has 1 aromatic rings. The van der Waals surface area contributed by atoms with Crippen LogP contribution in [0.15, 0.2) is 18.2 Å². The number of benzene rings is 1. The maximum atomic E-state index is 13.5. The largest absolute Gasteiger partial charge is 0.508 e. The van der Waals surface area contributed by atoms with Gasteiger partial charge in [-0.25, -0.2) is 0 Å². The van der Waals surface area contributed by atoms with Gasteiger partial charge < -0.3 is 15.3 Å². The molecular formula is C23H34N2O2. The summed E-state index contributed by atoms with van der Waals surface area (Å²) in [5.74, 6) is 0.909. The first-order valence-corrected chi connectivity index (χ1v) is 10.6. The summed E-state index contributed by atoms with van der Waals surface area (Å²) in [5, 5.41) is 13.9. The Hall–Kier alpha value is -1.55. The number of amides is 1. The Kier molecular flexibility index (Phi) is 4.53. The topological polar surface area (TPSA) is 52.6 Å². The van der Waals surface area contributed by atoms with E-state index in [1.54, 1.807) is 6.07 Å². The van der Waals surface area contributed by atoms with Gasteiger partial charge in [0.25, 0.3) is 0 Å². The Morgan fingerprint density at radius 2 is 1.89 bits per heavy atom. The van der Waals surface area contributed by atoms with E-state index in [0.717, 1.165) is 50.6 Å². The van der Waals surface area contributed by atoms with E-state index in [2.05, 4.69) is 37.1 Å². The van der Waals surface area contributed by atoms with Gasteiger partial charge in [-0.05, 0) is 68.2 Å². The number of phenols is 1. The van der Waals surface area contributed by atoms with E-state index in [1.807, 2.05) is 13.1 Å². The fourth-order valence-corrected chi connectivity index (χ4v) is 6.05. The molecule has 3 aliphatic rings. The first-order chi connectivity index (χ1) is 12.8. The van der Waals surface area contributed by atoms with Gasteiger partial charge in [-0.1, -0.05) is 32.9 Å². The number of piperidine rings is 1. The predicted molar refractivity (Wildman–Crippen MR) is 108 cm³/mol. The standard InChI is InChI=1S/C23H34N2O2/c1-22(2)20-14-17-18(6-5-7-19(17)26)23(22,3)12-13-25(20)21(27)15-8-10-16(24-4)11-9-15/h5-7,15-16,20,24,26H,8-14H2,1-4H3/t15?,16?,20-,23+/m1/s1. The number of carbonyl (C=O) groups excluding carboxylic acids is 1. The molecule has 2 fully saturated rings. The number of hydrogen-bond donors (Lipinski definition) is 2. The van der Waals surface area contributed by atoms with E-state index in [9.17, 15) is 9.90 Å². The van der Waals surface area contributed by atoms with E-state index < -0.39 is 0 Å². The van der Waals surface area contributed by atoms with Crippen LogP contribution in [0, 0.1) is 11.3 Å². The Bertz CT molecular complexity index is 736. The van der Waals surface area contributed by atoms with Gasteiger partial charge in [-0.3, -0.25) is 4.79 Å². The van der Waals surface area contributed by atoms with Gasteiger partial charge in [0.05, 0.1) is 0 Å². The Balaban J connectivity index is 1.64. The number of aromatic hydroxyl groups is 1. The second-order valence-electron chi connectivity index (χ2n) is 9.70. The van der Waals surface area contributed by atoms with E-state index in [1.165, 1.54) is 5.56 Å². The number of nitrogens with one attached hydrogen (secondary N) is 1. The molecule has 2 aliphatic carbocycles. The monoisotopic (exact) mass is 370 g/mol. The number of rotatable bonds is 2. The third kappa shape index (κ3) is 2.71. The molecule has 27 heavy (non-hydrogen) atoms. The third-order valence-corrected chi connectivity index (χ3v) is 8.40. The van der Waals surface area contributed by atoms with Gasteiger partial charge in [0, 0.05) is 30.0 Å². The maximum absolute atomic E-state index is 13.5. The molecule has 148 valence electrons. The van der Waals surface area contributed by atoms with Gasteiger partial charge in [0.15, 0.2) is 0 Å². The molecule has 1 saturated heterocycles. The fourth-order valence-electron chi connectivity index (χ4n) is 6.05. The molecule has 0 radical (unpaired) electrons. The summed E-state index contributed by atoms with van der Waals surface area (Å²) >= 11 is 0. The van der Waals surface area contributed by atoms with Crippen LogP contribution in [-0.2, 0) is 16.6 Å². The summed E-state index contributed by atoms with van der Waals surface area (Å²) < 4.78 is 0. The highest BCUT2D eigenvalue weighted by molar-refractivity contribution is 5.80. The molecule has 1 aliphatic heterocycles. The van der Waals surface area contributed by atoms with Crippen molar-refractivity contribution in [3.8, 4) is 5.75 Å². The lowest BCUT2D eigenvalue weighted by Crippen LogP contribution is -2.65. The quantitative estimate of drug-likeness (QED) is 0.836. The summed E-state index contributed by atoms with van der Waals surface area (Å²) in [6.07, 6.45) is 5.90. The Morgan fingerprint density at radius 3 is 2.56 bits per heavy atom. The Labute approximate surface area is 163 Å². The number of likely N-dealkylation sites (tertiary alicyclic amines) is 1. The van der Waals surface area contributed by atoms with Crippen molar-refractivity contribution in [3.63, 3.8) is 0 Å². The average Bonchev–Trinajstić information content (AvgIpc) is 2.65. The molecular weight excluding hydrogens is 336 g/mol. The van der Waals surface area contributed by atoms with E-state index in [-0.39, 0.29) is 22.8 Å². The minimum absolute atomic E-state index is 0.00936. The summed E-state index contributed by atoms with van der Waals surface area (Å²) in [7, 11) is 2.02. The minimum Gasteiger partial charge on any atom is -0.508 e. The van der Waals surface area contributed by atoms with Crippen molar-refractivity contribution in [2.24, 2.45) is 11.3 Å². The summed E-state index contributed by atoms with van der Waals surface area (Å²) in [5.41, 5.74) is 2.32. The smallest absolute Gasteiger partial charge is 0.225 e. The van der Waals surface area contributed by atoms with Crippen LogP contribution in [0.4, 0.5) is 0 Å². The molecule has 2 atom stereocenters. The predicted octanol–water partition coefficient (Wildman–Crippen LogP) is 3.61. The number of nitrogens with zero attached hydrogens (tertiary/aromatic N) is 1. The lowest BCUT2D eigenvalue weighted by Gasteiger charge is -2.61. The summed E-state index contributed by atoms with van der Waals surface area (Å²) in [4.78, 5) is 15.7. The second-order valence-corrected chi connectivity index (χ2v) is 9.70. The molecule has 4 nitrogen and oxygen atoms in total. The van der Waals surface area contributed by atoms with Crippen molar-refractivity contribution in [3.05, 3.63) is 29.3 Å². The van der Waals surface area contributed by atoms with Crippen LogP contribution in [0.2, 0.25) is 0 Å². The lowest BCUT2D eigenvalue weighted by molar-refractivity contribution is -0.149. The molecule has 0 unspecified atom stereocenters. The van der Waals surface area contributed by atoms with Gasteiger partial charge in [0.2, 0.25) is 5.91 Å². The molecule has 4 rings (SSSR count).